The molecule has 0 fully saturated rings. The van der Waals surface area contributed by atoms with Gasteiger partial charge in [0.05, 0.1) is 0 Å². The molecule has 3 rings (SSSR count). The van der Waals surface area contributed by atoms with Crippen LogP contribution in [0, 0.1) is 0 Å². The van der Waals surface area contributed by atoms with Crippen LogP contribution >= 0.6 is 0 Å². The molecule has 0 bridgehead atoms. The number of amides is 2. The van der Waals surface area contributed by atoms with Crippen molar-refractivity contribution >= 4 is 17.5 Å². The minimum Gasteiger partial charge on any atom is -0.348 e. The fraction of sp³-hybridized carbons (Fsp3) is 0.231. The standard InChI is InChI=1S/C26H28N2O2/c1-19(2)20-13-15-23(16-14-20)28-26(30)25(29)27-18-17-24(21-9-5-3-6-10-21)22-11-7-4-8-12-22/h3-16,19,24H,17-18H2,1-2H3,(H,27,29)(H,28,30). The van der Waals surface area contributed by atoms with Crippen LogP contribution in [0.1, 0.15) is 48.8 Å². The molecule has 0 aromatic heterocycles. The molecule has 0 aliphatic rings. The monoisotopic (exact) mass is 400 g/mol. The maximum atomic E-state index is 12.3. The Morgan fingerprint density at radius 2 is 1.23 bits per heavy atom. The molecule has 0 aliphatic heterocycles. The van der Waals surface area contributed by atoms with Crippen molar-refractivity contribution in [1.29, 1.82) is 0 Å². The molecule has 154 valence electrons. The Kier molecular flexibility index (Phi) is 7.39. The van der Waals surface area contributed by atoms with E-state index in [4.69, 9.17) is 0 Å². The molecule has 0 unspecified atom stereocenters. The van der Waals surface area contributed by atoms with Crippen LogP contribution in [0.5, 0.6) is 0 Å². The lowest BCUT2D eigenvalue weighted by molar-refractivity contribution is -0.136. The zero-order chi connectivity index (χ0) is 21.3. The summed E-state index contributed by atoms with van der Waals surface area (Å²) in [5.74, 6) is -0.703. The zero-order valence-corrected chi connectivity index (χ0v) is 17.5. The van der Waals surface area contributed by atoms with E-state index in [0.29, 0.717) is 24.6 Å². The third kappa shape index (κ3) is 5.80. The Hall–Kier alpha value is -3.40. The highest BCUT2D eigenvalue weighted by molar-refractivity contribution is 6.39. The van der Waals surface area contributed by atoms with Gasteiger partial charge in [0, 0.05) is 18.2 Å². The van der Waals surface area contributed by atoms with Gasteiger partial charge in [-0.3, -0.25) is 9.59 Å². The number of carbonyl (C=O) groups excluding carboxylic acids is 2. The van der Waals surface area contributed by atoms with Crippen molar-refractivity contribution in [2.75, 3.05) is 11.9 Å². The highest BCUT2D eigenvalue weighted by Gasteiger charge is 2.17. The van der Waals surface area contributed by atoms with Crippen LogP contribution < -0.4 is 10.6 Å². The van der Waals surface area contributed by atoms with E-state index in [1.807, 2.05) is 60.7 Å². The summed E-state index contributed by atoms with van der Waals surface area (Å²) in [7, 11) is 0. The lowest BCUT2D eigenvalue weighted by Gasteiger charge is -2.18. The summed E-state index contributed by atoms with van der Waals surface area (Å²) in [5, 5.41) is 5.41. The largest absolute Gasteiger partial charge is 0.348 e. The van der Waals surface area contributed by atoms with Crippen LogP contribution in [0.2, 0.25) is 0 Å². The quantitative estimate of drug-likeness (QED) is 0.543. The average Bonchev–Trinajstić information content (AvgIpc) is 2.78. The number of rotatable bonds is 7. The van der Waals surface area contributed by atoms with E-state index in [2.05, 4.69) is 48.7 Å². The highest BCUT2D eigenvalue weighted by Crippen LogP contribution is 2.27. The van der Waals surface area contributed by atoms with Gasteiger partial charge in [0.2, 0.25) is 0 Å². The Bertz CT molecular complexity index is 912. The molecule has 0 heterocycles. The van der Waals surface area contributed by atoms with Gasteiger partial charge in [-0.25, -0.2) is 0 Å². The molecule has 0 aliphatic carbocycles. The van der Waals surface area contributed by atoms with Crippen LogP contribution in [0.3, 0.4) is 0 Å². The summed E-state index contributed by atoms with van der Waals surface area (Å²) in [6.07, 6.45) is 0.704. The van der Waals surface area contributed by atoms with Crippen LogP contribution in [-0.4, -0.2) is 18.4 Å². The van der Waals surface area contributed by atoms with Gasteiger partial charge in [-0.05, 0) is 41.2 Å². The maximum absolute atomic E-state index is 12.3. The average molecular weight is 401 g/mol. The number of hydrogen-bond acceptors (Lipinski definition) is 2. The van der Waals surface area contributed by atoms with E-state index in [1.54, 1.807) is 0 Å². The van der Waals surface area contributed by atoms with Crippen molar-refractivity contribution in [2.45, 2.75) is 32.1 Å². The van der Waals surface area contributed by atoms with Crippen molar-refractivity contribution in [2.24, 2.45) is 0 Å². The van der Waals surface area contributed by atoms with Crippen molar-refractivity contribution < 1.29 is 9.59 Å². The highest BCUT2D eigenvalue weighted by atomic mass is 16.2. The van der Waals surface area contributed by atoms with Crippen molar-refractivity contribution in [3.8, 4) is 0 Å². The Labute approximate surface area is 178 Å². The molecular formula is C26H28N2O2. The van der Waals surface area contributed by atoms with Crippen molar-refractivity contribution in [1.82, 2.24) is 5.32 Å². The minimum absolute atomic E-state index is 0.152. The topological polar surface area (TPSA) is 58.2 Å². The molecule has 3 aromatic rings. The van der Waals surface area contributed by atoms with Gasteiger partial charge in [0.1, 0.15) is 0 Å². The van der Waals surface area contributed by atoms with Gasteiger partial charge in [0.15, 0.2) is 0 Å². The Morgan fingerprint density at radius 1 is 0.700 bits per heavy atom. The molecule has 4 heteroatoms. The van der Waals surface area contributed by atoms with Gasteiger partial charge in [-0.2, -0.15) is 0 Å². The number of anilines is 1. The van der Waals surface area contributed by atoms with Crippen LogP contribution in [0.25, 0.3) is 0 Å². The summed E-state index contributed by atoms with van der Waals surface area (Å²) in [5.41, 5.74) is 4.18. The number of benzene rings is 3. The van der Waals surface area contributed by atoms with Crippen LogP contribution in [-0.2, 0) is 9.59 Å². The molecule has 3 aromatic carbocycles. The molecule has 2 N–H and O–H groups in total. The van der Waals surface area contributed by atoms with Gasteiger partial charge in [-0.1, -0.05) is 86.6 Å². The summed E-state index contributed by atoms with van der Waals surface area (Å²) < 4.78 is 0. The second-order valence-electron chi connectivity index (χ2n) is 7.65. The van der Waals surface area contributed by atoms with Crippen molar-refractivity contribution in [3.05, 3.63) is 102 Å². The fourth-order valence-corrected chi connectivity index (χ4v) is 3.45. The predicted molar refractivity (Wildman–Crippen MR) is 122 cm³/mol. The molecule has 0 radical (unpaired) electrons. The zero-order valence-electron chi connectivity index (χ0n) is 17.5. The molecule has 30 heavy (non-hydrogen) atoms. The van der Waals surface area contributed by atoms with Crippen LogP contribution in [0.4, 0.5) is 5.69 Å². The molecule has 0 atom stereocenters. The lowest BCUT2D eigenvalue weighted by Crippen LogP contribution is -2.36. The molecule has 0 saturated carbocycles. The first-order chi connectivity index (χ1) is 14.5. The molecular weight excluding hydrogens is 372 g/mol. The summed E-state index contributed by atoms with van der Waals surface area (Å²) in [6.45, 7) is 4.63. The molecule has 4 nitrogen and oxygen atoms in total. The van der Waals surface area contributed by atoms with Gasteiger partial charge >= 0.3 is 11.8 Å². The number of carbonyl (C=O) groups is 2. The van der Waals surface area contributed by atoms with Gasteiger partial charge in [-0.15, -0.1) is 0 Å². The van der Waals surface area contributed by atoms with E-state index in [1.165, 1.54) is 16.7 Å². The smallest absolute Gasteiger partial charge is 0.313 e. The fourth-order valence-electron chi connectivity index (χ4n) is 3.45. The normalized spacial score (nSPS) is 10.8. The van der Waals surface area contributed by atoms with Gasteiger partial charge in [0.25, 0.3) is 0 Å². The van der Waals surface area contributed by atoms with Gasteiger partial charge < -0.3 is 10.6 Å². The minimum atomic E-state index is -0.650. The van der Waals surface area contributed by atoms with E-state index in [0.717, 1.165) is 0 Å². The maximum Gasteiger partial charge on any atom is 0.313 e. The third-order valence-corrected chi connectivity index (χ3v) is 5.16. The molecule has 0 saturated heterocycles. The summed E-state index contributed by atoms with van der Waals surface area (Å²) in [4.78, 5) is 24.5. The second kappa shape index (κ2) is 10.4. The SMILES string of the molecule is CC(C)c1ccc(NC(=O)C(=O)NCCC(c2ccccc2)c2ccccc2)cc1. The van der Waals surface area contributed by atoms with Crippen molar-refractivity contribution in [3.63, 3.8) is 0 Å². The number of nitrogens with one attached hydrogen (secondary N) is 2. The lowest BCUT2D eigenvalue weighted by atomic mass is 9.88. The first-order valence-electron chi connectivity index (χ1n) is 10.3. The first kappa shape index (κ1) is 21.3. The van der Waals surface area contributed by atoms with Crippen LogP contribution in [0.15, 0.2) is 84.9 Å². The molecule has 0 spiro atoms. The summed E-state index contributed by atoms with van der Waals surface area (Å²) >= 11 is 0. The first-order valence-corrected chi connectivity index (χ1v) is 10.3. The number of hydrogen-bond donors (Lipinski definition) is 2. The molecule has 2 amide bonds. The predicted octanol–water partition coefficient (Wildman–Crippen LogP) is 5.09. The summed E-state index contributed by atoms with van der Waals surface area (Å²) in [6, 6.07) is 28.0. The second-order valence-corrected chi connectivity index (χ2v) is 7.65. The Balaban J connectivity index is 1.56. The Morgan fingerprint density at radius 3 is 1.73 bits per heavy atom. The van der Waals surface area contributed by atoms with E-state index < -0.39 is 11.8 Å². The van der Waals surface area contributed by atoms with E-state index in [9.17, 15) is 9.59 Å². The van der Waals surface area contributed by atoms with E-state index >= 15 is 0 Å². The van der Waals surface area contributed by atoms with E-state index in [-0.39, 0.29) is 5.92 Å². The third-order valence-electron chi connectivity index (χ3n) is 5.16.